The van der Waals surface area contributed by atoms with E-state index in [1.807, 2.05) is 24.3 Å². The van der Waals surface area contributed by atoms with E-state index in [4.69, 9.17) is 9.47 Å². The standard InChI is InChI=1S/C25H35N3O4/c1-3-16-32-21-6-4-20(5-7-21)22-23(27-10-8-19(2)9-11-27)25(30)28(24(22)29)13-12-26-14-17-31-18-15-26/h4-7,19H,3,8-18H2,1-2H3. The molecule has 174 valence electrons. The molecule has 2 fully saturated rings. The zero-order chi connectivity index (χ0) is 22.5. The molecular formula is C25H35N3O4. The highest BCUT2D eigenvalue weighted by atomic mass is 16.5. The molecule has 32 heavy (non-hydrogen) atoms. The number of carbonyl (C=O) groups excluding carboxylic acids is 2. The van der Waals surface area contributed by atoms with E-state index in [0.29, 0.717) is 50.1 Å². The van der Waals surface area contributed by atoms with Crippen molar-refractivity contribution < 1.29 is 19.1 Å². The lowest BCUT2D eigenvalue weighted by atomic mass is 9.97. The smallest absolute Gasteiger partial charge is 0.277 e. The Balaban J connectivity index is 1.57. The Morgan fingerprint density at radius 3 is 2.31 bits per heavy atom. The van der Waals surface area contributed by atoms with Gasteiger partial charge in [0.15, 0.2) is 0 Å². The van der Waals surface area contributed by atoms with E-state index < -0.39 is 0 Å². The lowest BCUT2D eigenvalue weighted by Gasteiger charge is -2.33. The molecule has 7 nitrogen and oxygen atoms in total. The zero-order valence-electron chi connectivity index (χ0n) is 19.3. The van der Waals surface area contributed by atoms with Gasteiger partial charge in [0.2, 0.25) is 0 Å². The number of nitrogens with zero attached hydrogens (tertiary/aromatic N) is 3. The summed E-state index contributed by atoms with van der Waals surface area (Å²) in [5.74, 6) is 1.10. The summed E-state index contributed by atoms with van der Waals surface area (Å²) >= 11 is 0. The summed E-state index contributed by atoms with van der Waals surface area (Å²) in [6.45, 7) is 10.8. The fourth-order valence-electron chi connectivity index (χ4n) is 4.56. The normalized spacial score (nSPS) is 21.1. The number of likely N-dealkylation sites (tertiary alicyclic amines) is 1. The van der Waals surface area contributed by atoms with Gasteiger partial charge in [0.05, 0.1) is 25.4 Å². The molecule has 0 spiro atoms. The van der Waals surface area contributed by atoms with Crippen molar-refractivity contribution in [3.8, 4) is 5.75 Å². The van der Waals surface area contributed by atoms with Crippen LogP contribution in [-0.2, 0) is 14.3 Å². The summed E-state index contributed by atoms with van der Waals surface area (Å²) in [6, 6.07) is 7.59. The first-order valence-corrected chi connectivity index (χ1v) is 12.0. The third kappa shape index (κ3) is 4.99. The topological polar surface area (TPSA) is 62.3 Å². The number of rotatable bonds is 8. The molecule has 2 saturated heterocycles. The molecule has 3 heterocycles. The van der Waals surface area contributed by atoms with Crippen molar-refractivity contribution in [2.45, 2.75) is 33.1 Å². The molecule has 0 bridgehead atoms. The second-order valence-corrected chi connectivity index (χ2v) is 8.98. The molecule has 0 atom stereocenters. The maximum absolute atomic E-state index is 13.5. The average Bonchev–Trinajstić information content (AvgIpc) is 3.07. The van der Waals surface area contributed by atoms with Gasteiger partial charge in [-0.3, -0.25) is 19.4 Å². The first-order chi connectivity index (χ1) is 15.6. The highest BCUT2D eigenvalue weighted by Crippen LogP contribution is 2.34. The van der Waals surface area contributed by atoms with E-state index in [9.17, 15) is 9.59 Å². The molecule has 0 saturated carbocycles. The van der Waals surface area contributed by atoms with Gasteiger partial charge in [-0.15, -0.1) is 0 Å². The summed E-state index contributed by atoms with van der Waals surface area (Å²) in [5.41, 5.74) is 1.90. The van der Waals surface area contributed by atoms with Crippen LogP contribution in [-0.4, -0.2) is 85.6 Å². The van der Waals surface area contributed by atoms with Crippen molar-refractivity contribution in [1.29, 1.82) is 0 Å². The van der Waals surface area contributed by atoms with Gasteiger partial charge in [0.25, 0.3) is 11.8 Å². The molecule has 3 aliphatic heterocycles. The third-order valence-electron chi connectivity index (χ3n) is 6.60. The Kier molecular flexibility index (Phi) is 7.48. The second-order valence-electron chi connectivity index (χ2n) is 8.98. The van der Waals surface area contributed by atoms with Gasteiger partial charge in [0, 0.05) is 39.3 Å². The van der Waals surface area contributed by atoms with Crippen LogP contribution in [0, 0.1) is 5.92 Å². The molecule has 1 aromatic rings. The Labute approximate surface area is 190 Å². The predicted octanol–water partition coefficient (Wildman–Crippen LogP) is 2.62. The maximum Gasteiger partial charge on any atom is 0.277 e. The lowest BCUT2D eigenvalue weighted by Crippen LogP contribution is -2.44. The Hall–Kier alpha value is -2.38. The van der Waals surface area contributed by atoms with Crippen molar-refractivity contribution in [3.05, 3.63) is 35.5 Å². The molecule has 0 aliphatic carbocycles. The number of ether oxygens (including phenoxy) is 2. The number of benzene rings is 1. The van der Waals surface area contributed by atoms with E-state index in [0.717, 1.165) is 56.8 Å². The van der Waals surface area contributed by atoms with Crippen LogP contribution >= 0.6 is 0 Å². The van der Waals surface area contributed by atoms with Crippen LogP contribution in [0.4, 0.5) is 0 Å². The monoisotopic (exact) mass is 441 g/mol. The number of carbonyl (C=O) groups is 2. The highest BCUT2D eigenvalue weighted by Gasteiger charge is 2.42. The molecule has 3 aliphatic rings. The Morgan fingerprint density at radius 1 is 0.969 bits per heavy atom. The van der Waals surface area contributed by atoms with E-state index in [2.05, 4.69) is 23.6 Å². The van der Waals surface area contributed by atoms with Crippen molar-refractivity contribution in [1.82, 2.24) is 14.7 Å². The molecule has 0 radical (unpaired) electrons. The number of piperidine rings is 1. The third-order valence-corrected chi connectivity index (χ3v) is 6.60. The van der Waals surface area contributed by atoms with Crippen molar-refractivity contribution >= 4 is 17.4 Å². The summed E-state index contributed by atoms with van der Waals surface area (Å²) in [5, 5.41) is 0. The van der Waals surface area contributed by atoms with Gasteiger partial charge in [-0.1, -0.05) is 26.0 Å². The molecule has 4 rings (SSSR count). The SMILES string of the molecule is CCCOc1ccc(C2=C(N3CCC(C)CC3)C(=O)N(CCN3CCOCC3)C2=O)cc1. The summed E-state index contributed by atoms with van der Waals surface area (Å²) < 4.78 is 11.1. The molecule has 1 aromatic carbocycles. The van der Waals surface area contributed by atoms with E-state index in [-0.39, 0.29) is 11.8 Å². The molecule has 0 aromatic heterocycles. The fraction of sp³-hybridized carbons (Fsp3) is 0.600. The van der Waals surface area contributed by atoms with Crippen LogP contribution < -0.4 is 4.74 Å². The maximum atomic E-state index is 13.5. The largest absolute Gasteiger partial charge is 0.494 e. The van der Waals surface area contributed by atoms with Gasteiger partial charge in [0.1, 0.15) is 11.4 Å². The van der Waals surface area contributed by atoms with Crippen molar-refractivity contribution in [2.24, 2.45) is 5.92 Å². The summed E-state index contributed by atoms with van der Waals surface area (Å²) in [6.07, 6.45) is 3.02. The van der Waals surface area contributed by atoms with Crippen LogP contribution in [0.15, 0.2) is 30.0 Å². The Morgan fingerprint density at radius 2 is 1.66 bits per heavy atom. The van der Waals surface area contributed by atoms with Gasteiger partial charge in [-0.25, -0.2) is 0 Å². The van der Waals surface area contributed by atoms with Gasteiger partial charge in [-0.05, 0) is 42.9 Å². The number of morpholine rings is 1. The minimum atomic E-state index is -0.181. The number of imide groups is 1. The minimum absolute atomic E-state index is 0.154. The first kappa shape index (κ1) is 22.8. The lowest BCUT2D eigenvalue weighted by molar-refractivity contribution is -0.138. The average molecular weight is 442 g/mol. The fourth-order valence-corrected chi connectivity index (χ4v) is 4.56. The van der Waals surface area contributed by atoms with Crippen LogP contribution in [0.2, 0.25) is 0 Å². The van der Waals surface area contributed by atoms with Gasteiger partial charge in [-0.2, -0.15) is 0 Å². The number of amides is 2. The van der Waals surface area contributed by atoms with Crippen LogP contribution in [0.1, 0.15) is 38.7 Å². The molecule has 0 unspecified atom stereocenters. The molecule has 2 amide bonds. The van der Waals surface area contributed by atoms with E-state index in [1.54, 1.807) is 0 Å². The summed E-state index contributed by atoms with van der Waals surface area (Å²) in [7, 11) is 0. The highest BCUT2D eigenvalue weighted by molar-refractivity contribution is 6.35. The van der Waals surface area contributed by atoms with Crippen LogP contribution in [0.25, 0.3) is 5.57 Å². The quantitative estimate of drug-likeness (QED) is 0.578. The van der Waals surface area contributed by atoms with Gasteiger partial charge < -0.3 is 14.4 Å². The van der Waals surface area contributed by atoms with Crippen LogP contribution in [0.5, 0.6) is 5.75 Å². The minimum Gasteiger partial charge on any atom is -0.494 e. The van der Waals surface area contributed by atoms with Gasteiger partial charge >= 0.3 is 0 Å². The van der Waals surface area contributed by atoms with E-state index in [1.165, 1.54) is 4.90 Å². The molecule has 7 heteroatoms. The molecule has 0 N–H and O–H groups in total. The Bertz CT molecular complexity index is 837. The molecular weight excluding hydrogens is 406 g/mol. The summed E-state index contributed by atoms with van der Waals surface area (Å²) in [4.78, 5) is 32.8. The van der Waals surface area contributed by atoms with E-state index >= 15 is 0 Å². The second kappa shape index (κ2) is 10.5. The number of hydrogen-bond acceptors (Lipinski definition) is 6. The number of hydrogen-bond donors (Lipinski definition) is 0. The van der Waals surface area contributed by atoms with Crippen molar-refractivity contribution in [3.63, 3.8) is 0 Å². The van der Waals surface area contributed by atoms with Crippen LogP contribution in [0.3, 0.4) is 0 Å². The van der Waals surface area contributed by atoms with Crippen molar-refractivity contribution in [2.75, 3.05) is 59.1 Å². The zero-order valence-corrected chi connectivity index (χ0v) is 19.3. The first-order valence-electron chi connectivity index (χ1n) is 12.0. The predicted molar refractivity (Wildman–Crippen MR) is 123 cm³/mol.